The van der Waals surface area contributed by atoms with Crippen molar-refractivity contribution in [3.63, 3.8) is 0 Å². The highest BCUT2D eigenvalue weighted by Gasteiger charge is 2.29. The van der Waals surface area contributed by atoms with Crippen LogP contribution in [0.15, 0.2) is 18.2 Å². The lowest BCUT2D eigenvalue weighted by molar-refractivity contribution is 0.0827. The summed E-state index contributed by atoms with van der Waals surface area (Å²) >= 11 is 6.28. The lowest BCUT2D eigenvalue weighted by Gasteiger charge is -2.36. The summed E-state index contributed by atoms with van der Waals surface area (Å²) < 4.78 is 6.15. The molecule has 1 aliphatic carbocycles. The predicted octanol–water partition coefficient (Wildman–Crippen LogP) is 3.98. The van der Waals surface area contributed by atoms with Gasteiger partial charge in [-0.25, -0.2) is 0 Å². The van der Waals surface area contributed by atoms with Gasteiger partial charge in [-0.3, -0.25) is 4.79 Å². The molecule has 0 aromatic heterocycles. The Morgan fingerprint density at radius 1 is 1.08 bits per heavy atom. The first kappa shape index (κ1) is 18.5. The van der Waals surface area contributed by atoms with Gasteiger partial charge in [0.15, 0.2) is 0 Å². The number of nitrogens with zero attached hydrogens (tertiary/aromatic N) is 1. The number of nitrogens with one attached hydrogen (secondary N) is 1. The maximum absolute atomic E-state index is 12.0. The fraction of sp³-hybridized carbons (Fsp3) is 0.650. The summed E-state index contributed by atoms with van der Waals surface area (Å²) in [5.74, 6) is 2.45. The molecule has 2 aliphatic rings. The van der Waals surface area contributed by atoms with Gasteiger partial charge in [0.1, 0.15) is 5.75 Å². The number of carbonyl (C=O) groups excluding carboxylic acids is 1. The molecule has 25 heavy (non-hydrogen) atoms. The van der Waals surface area contributed by atoms with Crippen LogP contribution in [0.4, 0.5) is 0 Å². The first-order chi connectivity index (χ1) is 12.0. The normalized spacial score (nSPS) is 24.8. The van der Waals surface area contributed by atoms with E-state index >= 15 is 0 Å². The highest BCUT2D eigenvalue weighted by molar-refractivity contribution is 6.34. The van der Waals surface area contributed by atoms with Gasteiger partial charge >= 0.3 is 0 Å². The highest BCUT2D eigenvalue weighted by Crippen LogP contribution is 2.36. The zero-order chi connectivity index (χ0) is 17.8. The van der Waals surface area contributed by atoms with Gasteiger partial charge in [0.2, 0.25) is 0 Å². The number of carbonyl (C=O) groups is 1. The molecule has 0 unspecified atom stereocenters. The van der Waals surface area contributed by atoms with Crippen LogP contribution in [0.5, 0.6) is 5.75 Å². The Morgan fingerprint density at radius 3 is 2.32 bits per heavy atom. The third-order valence-corrected chi connectivity index (χ3v) is 5.96. The summed E-state index contributed by atoms with van der Waals surface area (Å²) in [6.45, 7) is 2.36. The van der Waals surface area contributed by atoms with Crippen molar-refractivity contribution in [3.8, 4) is 5.75 Å². The molecule has 4 nitrogen and oxygen atoms in total. The Hall–Kier alpha value is -1.26. The Balaban J connectivity index is 1.53. The molecule has 1 heterocycles. The van der Waals surface area contributed by atoms with Gasteiger partial charge in [0, 0.05) is 14.1 Å². The van der Waals surface area contributed by atoms with Gasteiger partial charge in [0.25, 0.3) is 5.91 Å². The van der Waals surface area contributed by atoms with Crippen LogP contribution in [0.3, 0.4) is 0 Å². The zero-order valence-electron chi connectivity index (χ0n) is 15.3. The van der Waals surface area contributed by atoms with Crippen molar-refractivity contribution in [3.05, 3.63) is 28.8 Å². The summed E-state index contributed by atoms with van der Waals surface area (Å²) in [4.78, 5) is 13.6. The Morgan fingerprint density at radius 2 is 1.72 bits per heavy atom. The summed E-state index contributed by atoms with van der Waals surface area (Å²) in [6.07, 6.45) is 7.68. The number of piperidine rings is 1. The minimum absolute atomic E-state index is 0.0842. The van der Waals surface area contributed by atoms with E-state index in [0.717, 1.165) is 30.4 Å². The third kappa shape index (κ3) is 4.68. The number of ether oxygens (including phenoxy) is 1. The van der Waals surface area contributed by atoms with E-state index < -0.39 is 0 Å². The van der Waals surface area contributed by atoms with E-state index in [1.807, 2.05) is 6.07 Å². The SMILES string of the molecule is CN(C)C(=O)c1ccc(O[C@H]2CC[C@@H](C3CCNCC3)CC2)cc1Cl. The molecule has 1 saturated carbocycles. The lowest BCUT2D eigenvalue weighted by Crippen LogP contribution is -2.34. The maximum Gasteiger partial charge on any atom is 0.254 e. The molecule has 0 bridgehead atoms. The predicted molar refractivity (Wildman–Crippen MR) is 101 cm³/mol. The summed E-state index contributed by atoms with van der Waals surface area (Å²) in [7, 11) is 3.45. The average molecular weight is 365 g/mol. The number of benzene rings is 1. The molecule has 1 amide bonds. The standard InChI is InChI=1S/C20H29ClN2O2/c1-23(2)20(24)18-8-7-17(13-19(18)21)25-16-5-3-14(4-6-16)15-9-11-22-12-10-15/h7-8,13-16,22H,3-6,9-12H2,1-2H3/t14-,16+. The molecule has 1 aromatic carbocycles. The molecular formula is C20H29ClN2O2. The second-order valence-corrected chi connectivity index (χ2v) is 7.99. The monoisotopic (exact) mass is 364 g/mol. The quantitative estimate of drug-likeness (QED) is 0.878. The minimum Gasteiger partial charge on any atom is -0.490 e. The fourth-order valence-corrected chi connectivity index (χ4v) is 4.42. The van der Waals surface area contributed by atoms with Gasteiger partial charge < -0.3 is 15.0 Å². The molecule has 1 aromatic rings. The van der Waals surface area contributed by atoms with Gasteiger partial charge in [0.05, 0.1) is 16.7 Å². The van der Waals surface area contributed by atoms with Crippen LogP contribution in [0.25, 0.3) is 0 Å². The molecule has 1 aliphatic heterocycles. The Bertz CT molecular complexity index is 591. The van der Waals surface area contributed by atoms with E-state index in [1.165, 1.54) is 43.7 Å². The minimum atomic E-state index is -0.0842. The summed E-state index contributed by atoms with van der Waals surface area (Å²) in [5.41, 5.74) is 0.522. The van der Waals surface area contributed by atoms with Gasteiger partial charge in [-0.2, -0.15) is 0 Å². The van der Waals surface area contributed by atoms with Crippen molar-refractivity contribution < 1.29 is 9.53 Å². The van der Waals surface area contributed by atoms with E-state index in [4.69, 9.17) is 16.3 Å². The van der Waals surface area contributed by atoms with Crippen LogP contribution >= 0.6 is 11.6 Å². The number of hydrogen-bond acceptors (Lipinski definition) is 3. The second kappa shape index (κ2) is 8.41. The largest absolute Gasteiger partial charge is 0.490 e. The van der Waals surface area contributed by atoms with Crippen LogP contribution in [-0.2, 0) is 0 Å². The van der Waals surface area contributed by atoms with E-state index in [2.05, 4.69) is 5.32 Å². The van der Waals surface area contributed by atoms with Crippen LogP contribution in [0.2, 0.25) is 5.02 Å². The smallest absolute Gasteiger partial charge is 0.254 e. The van der Waals surface area contributed by atoms with E-state index in [9.17, 15) is 4.79 Å². The molecule has 0 radical (unpaired) electrons. The maximum atomic E-state index is 12.0. The van der Waals surface area contributed by atoms with Crippen LogP contribution in [-0.4, -0.2) is 44.1 Å². The average Bonchev–Trinajstić information content (AvgIpc) is 2.62. The lowest BCUT2D eigenvalue weighted by atomic mass is 9.75. The van der Waals surface area contributed by atoms with Gasteiger partial charge in [-0.15, -0.1) is 0 Å². The number of amides is 1. The van der Waals surface area contributed by atoms with Crippen molar-refractivity contribution in [2.45, 2.75) is 44.6 Å². The molecule has 0 spiro atoms. The second-order valence-electron chi connectivity index (χ2n) is 7.58. The zero-order valence-corrected chi connectivity index (χ0v) is 16.0. The number of halogens is 1. The Labute approximate surface area is 155 Å². The van der Waals surface area contributed by atoms with Crippen LogP contribution < -0.4 is 10.1 Å². The molecule has 0 atom stereocenters. The van der Waals surface area contributed by atoms with E-state index in [1.54, 1.807) is 26.2 Å². The highest BCUT2D eigenvalue weighted by atomic mass is 35.5. The van der Waals surface area contributed by atoms with Crippen molar-refractivity contribution in [1.82, 2.24) is 10.2 Å². The number of rotatable bonds is 4. The molecular weight excluding hydrogens is 336 g/mol. The molecule has 2 fully saturated rings. The van der Waals surface area contributed by atoms with Crippen molar-refractivity contribution in [2.24, 2.45) is 11.8 Å². The Kier molecular flexibility index (Phi) is 6.24. The van der Waals surface area contributed by atoms with Crippen molar-refractivity contribution in [1.29, 1.82) is 0 Å². The first-order valence-corrected chi connectivity index (χ1v) is 9.81. The molecule has 138 valence electrons. The topological polar surface area (TPSA) is 41.6 Å². The first-order valence-electron chi connectivity index (χ1n) is 9.43. The van der Waals surface area contributed by atoms with Crippen molar-refractivity contribution >= 4 is 17.5 Å². The molecule has 3 rings (SSSR count). The molecule has 1 saturated heterocycles. The van der Waals surface area contributed by atoms with Crippen LogP contribution in [0.1, 0.15) is 48.9 Å². The van der Waals surface area contributed by atoms with Crippen LogP contribution in [0, 0.1) is 11.8 Å². The molecule has 5 heteroatoms. The summed E-state index contributed by atoms with van der Waals surface area (Å²) in [6, 6.07) is 5.40. The third-order valence-electron chi connectivity index (χ3n) is 5.65. The van der Waals surface area contributed by atoms with E-state index in [-0.39, 0.29) is 12.0 Å². The fourth-order valence-electron chi connectivity index (χ4n) is 4.17. The van der Waals surface area contributed by atoms with Crippen molar-refractivity contribution in [2.75, 3.05) is 27.2 Å². The molecule has 1 N–H and O–H groups in total. The van der Waals surface area contributed by atoms with Gasteiger partial charge in [-0.1, -0.05) is 11.6 Å². The van der Waals surface area contributed by atoms with Gasteiger partial charge in [-0.05, 0) is 81.6 Å². The van der Waals surface area contributed by atoms with E-state index in [0.29, 0.717) is 10.6 Å². The number of hydrogen-bond donors (Lipinski definition) is 1. The summed E-state index contributed by atoms with van der Waals surface area (Å²) in [5, 5.41) is 3.91.